The molecule has 0 fully saturated rings. The highest BCUT2D eigenvalue weighted by Crippen LogP contribution is 2.39. The third-order valence-electron chi connectivity index (χ3n) is 4.07. The van der Waals surface area contributed by atoms with Crippen LogP contribution in [0.1, 0.15) is 37.4 Å². The summed E-state index contributed by atoms with van der Waals surface area (Å²) in [5.41, 5.74) is 1.40. The van der Waals surface area contributed by atoms with Crippen molar-refractivity contribution < 1.29 is 9.53 Å². The van der Waals surface area contributed by atoms with E-state index in [9.17, 15) is 4.79 Å². The van der Waals surface area contributed by atoms with Crippen LogP contribution in [-0.4, -0.2) is 11.5 Å². The molecule has 2 aromatic carbocycles. The van der Waals surface area contributed by atoms with E-state index in [4.69, 9.17) is 27.9 Å². The third kappa shape index (κ3) is 4.36. The number of carbonyl (C=O) groups excluding carboxylic acids is 1. The van der Waals surface area contributed by atoms with Crippen LogP contribution in [0, 0.1) is 0 Å². The van der Waals surface area contributed by atoms with Gasteiger partial charge in [0.25, 0.3) is 0 Å². The fraction of sp³-hybridized carbons (Fsp3) is 0.250. The minimum atomic E-state index is -0.338. The summed E-state index contributed by atoms with van der Waals surface area (Å²) < 4.78 is 5.99. The Hall–Kier alpha value is -1.97. The van der Waals surface area contributed by atoms with Crippen molar-refractivity contribution in [3.8, 4) is 5.75 Å². The molecule has 1 N–H and O–H groups in total. The van der Waals surface area contributed by atoms with Crippen LogP contribution in [0.15, 0.2) is 48.5 Å². The molecular weight excluding hydrogens is 357 g/mol. The van der Waals surface area contributed by atoms with Crippen molar-refractivity contribution in [1.29, 1.82) is 0 Å². The average Bonchev–Trinajstić information content (AvgIpc) is 2.53. The van der Waals surface area contributed by atoms with Gasteiger partial charge in [0, 0.05) is 28.1 Å². The fourth-order valence-electron chi connectivity index (χ4n) is 2.95. The van der Waals surface area contributed by atoms with E-state index in [1.165, 1.54) is 6.08 Å². The zero-order valence-corrected chi connectivity index (χ0v) is 15.6. The average molecular weight is 376 g/mol. The Kier molecular flexibility index (Phi) is 5.07. The Morgan fingerprint density at radius 2 is 2.00 bits per heavy atom. The standard InChI is InChI=1S/C20H19Cl2NO2/c1-20(2)12-17(15-5-3-4-6-18(15)25-20)23-19(24)10-8-13-7-9-14(21)11-16(13)22/h3-11,17H,12H2,1-2H3,(H,23,24)/b10-8+. The first-order chi connectivity index (χ1) is 11.8. The van der Waals surface area contributed by atoms with E-state index in [0.29, 0.717) is 16.5 Å². The van der Waals surface area contributed by atoms with Gasteiger partial charge < -0.3 is 10.1 Å². The SMILES string of the molecule is CC1(C)CC(NC(=O)/C=C/c2ccc(Cl)cc2Cl)c2ccccc2O1. The van der Waals surface area contributed by atoms with Gasteiger partial charge >= 0.3 is 0 Å². The first kappa shape index (κ1) is 17.8. The Morgan fingerprint density at radius 1 is 1.24 bits per heavy atom. The Morgan fingerprint density at radius 3 is 2.76 bits per heavy atom. The van der Waals surface area contributed by atoms with Crippen molar-refractivity contribution in [2.45, 2.75) is 31.9 Å². The molecule has 1 aliphatic heterocycles. The lowest BCUT2D eigenvalue weighted by atomic mass is 9.89. The van der Waals surface area contributed by atoms with E-state index in [2.05, 4.69) is 5.32 Å². The largest absolute Gasteiger partial charge is 0.487 e. The van der Waals surface area contributed by atoms with Crippen LogP contribution in [0.2, 0.25) is 10.0 Å². The first-order valence-corrected chi connectivity index (χ1v) is 8.81. The molecule has 3 nitrogen and oxygen atoms in total. The highest BCUT2D eigenvalue weighted by atomic mass is 35.5. The summed E-state index contributed by atoms with van der Waals surface area (Å²) in [4.78, 5) is 12.4. The van der Waals surface area contributed by atoms with E-state index in [1.807, 2.05) is 38.1 Å². The second-order valence-electron chi connectivity index (χ2n) is 6.66. The maximum Gasteiger partial charge on any atom is 0.244 e. The van der Waals surface area contributed by atoms with Gasteiger partial charge in [-0.1, -0.05) is 47.5 Å². The van der Waals surface area contributed by atoms with Crippen LogP contribution < -0.4 is 10.1 Å². The van der Waals surface area contributed by atoms with Gasteiger partial charge in [-0.3, -0.25) is 4.79 Å². The van der Waals surface area contributed by atoms with Crippen LogP contribution in [0.3, 0.4) is 0 Å². The normalized spacial score (nSPS) is 18.5. The quantitative estimate of drug-likeness (QED) is 0.726. The lowest BCUT2D eigenvalue weighted by Gasteiger charge is -2.37. The number of fused-ring (bicyclic) bond motifs is 1. The predicted octanol–water partition coefficient (Wildman–Crippen LogP) is 5.43. The Bertz CT molecular complexity index is 830. The molecule has 25 heavy (non-hydrogen) atoms. The number of benzene rings is 2. The molecular formula is C20H19Cl2NO2. The number of hydrogen-bond acceptors (Lipinski definition) is 2. The second-order valence-corrected chi connectivity index (χ2v) is 7.51. The lowest BCUT2D eigenvalue weighted by Crippen LogP contribution is -2.40. The first-order valence-electron chi connectivity index (χ1n) is 8.06. The van der Waals surface area contributed by atoms with E-state index in [0.717, 1.165) is 16.9 Å². The fourth-order valence-corrected chi connectivity index (χ4v) is 3.42. The number of hydrogen-bond donors (Lipinski definition) is 1. The van der Waals surface area contributed by atoms with Gasteiger partial charge in [0.2, 0.25) is 5.91 Å². The highest BCUT2D eigenvalue weighted by Gasteiger charge is 2.33. The molecule has 1 heterocycles. The molecule has 1 aliphatic rings. The van der Waals surface area contributed by atoms with Crippen molar-refractivity contribution in [2.75, 3.05) is 0 Å². The number of amides is 1. The number of nitrogens with one attached hydrogen (secondary N) is 1. The van der Waals surface area contributed by atoms with Crippen LogP contribution in [0.5, 0.6) is 5.75 Å². The van der Waals surface area contributed by atoms with E-state index in [-0.39, 0.29) is 17.6 Å². The Labute approximate surface area is 157 Å². The van der Waals surface area contributed by atoms with Crippen LogP contribution in [0.25, 0.3) is 6.08 Å². The summed E-state index contributed by atoms with van der Waals surface area (Å²) in [5.74, 6) is 0.636. The maximum atomic E-state index is 12.4. The molecule has 2 aromatic rings. The van der Waals surface area contributed by atoms with Crippen molar-refractivity contribution in [1.82, 2.24) is 5.32 Å². The summed E-state index contributed by atoms with van der Waals surface area (Å²) >= 11 is 12.0. The van der Waals surface area contributed by atoms with Gasteiger partial charge in [-0.2, -0.15) is 0 Å². The number of ether oxygens (including phenoxy) is 1. The maximum absolute atomic E-state index is 12.4. The number of halogens is 2. The molecule has 3 rings (SSSR count). The molecule has 0 aliphatic carbocycles. The summed E-state index contributed by atoms with van der Waals surface area (Å²) in [7, 11) is 0. The Balaban J connectivity index is 1.75. The lowest BCUT2D eigenvalue weighted by molar-refractivity contribution is -0.117. The second kappa shape index (κ2) is 7.11. The topological polar surface area (TPSA) is 38.3 Å². The van der Waals surface area contributed by atoms with Crippen molar-refractivity contribution in [3.63, 3.8) is 0 Å². The molecule has 0 bridgehead atoms. The molecule has 5 heteroatoms. The highest BCUT2D eigenvalue weighted by molar-refractivity contribution is 6.35. The number of carbonyl (C=O) groups is 1. The van der Waals surface area contributed by atoms with Gasteiger partial charge in [-0.25, -0.2) is 0 Å². The molecule has 1 atom stereocenters. The van der Waals surface area contributed by atoms with Gasteiger partial charge in [0.1, 0.15) is 11.4 Å². The number of rotatable bonds is 3. The van der Waals surface area contributed by atoms with Gasteiger partial charge in [0.15, 0.2) is 0 Å². The zero-order valence-electron chi connectivity index (χ0n) is 14.1. The monoisotopic (exact) mass is 375 g/mol. The molecule has 1 unspecified atom stereocenters. The summed E-state index contributed by atoms with van der Waals surface area (Å²) in [6.45, 7) is 4.04. The van der Waals surface area contributed by atoms with Gasteiger partial charge in [0.05, 0.1) is 6.04 Å². The molecule has 130 valence electrons. The van der Waals surface area contributed by atoms with Crippen LogP contribution >= 0.6 is 23.2 Å². The zero-order chi connectivity index (χ0) is 18.0. The summed E-state index contributed by atoms with van der Waals surface area (Å²) in [6.07, 6.45) is 3.87. The van der Waals surface area contributed by atoms with Gasteiger partial charge in [-0.05, 0) is 43.7 Å². The molecule has 0 radical (unpaired) electrons. The molecule has 0 spiro atoms. The summed E-state index contributed by atoms with van der Waals surface area (Å²) in [6, 6.07) is 12.9. The van der Waals surface area contributed by atoms with E-state index >= 15 is 0 Å². The van der Waals surface area contributed by atoms with E-state index < -0.39 is 0 Å². The molecule has 0 saturated carbocycles. The minimum Gasteiger partial charge on any atom is -0.487 e. The third-order valence-corrected chi connectivity index (χ3v) is 4.63. The van der Waals surface area contributed by atoms with Crippen molar-refractivity contribution >= 4 is 35.2 Å². The smallest absolute Gasteiger partial charge is 0.244 e. The number of para-hydroxylation sites is 1. The molecule has 0 saturated heterocycles. The van der Waals surface area contributed by atoms with Crippen molar-refractivity contribution in [3.05, 3.63) is 69.7 Å². The molecule has 1 amide bonds. The van der Waals surface area contributed by atoms with Crippen molar-refractivity contribution in [2.24, 2.45) is 0 Å². The predicted molar refractivity (Wildman–Crippen MR) is 102 cm³/mol. The van der Waals surface area contributed by atoms with Gasteiger partial charge in [-0.15, -0.1) is 0 Å². The van der Waals surface area contributed by atoms with Crippen LogP contribution in [-0.2, 0) is 4.79 Å². The van der Waals surface area contributed by atoms with Crippen LogP contribution in [0.4, 0.5) is 0 Å². The summed E-state index contributed by atoms with van der Waals surface area (Å²) in [5, 5.41) is 4.13. The minimum absolute atomic E-state index is 0.0993. The van der Waals surface area contributed by atoms with E-state index in [1.54, 1.807) is 24.3 Å². The molecule has 0 aromatic heterocycles.